The number of aromatic nitrogens is 2. The van der Waals surface area contributed by atoms with Crippen LogP contribution in [-0.4, -0.2) is 26.9 Å². The van der Waals surface area contributed by atoms with Crippen LogP contribution in [0.25, 0.3) is 5.69 Å². The fraction of sp³-hybridized carbons (Fsp3) is 0.120. The quantitative estimate of drug-likeness (QED) is 0.375. The number of benzene rings is 2. The average Bonchev–Trinajstić information content (AvgIpc) is 3.45. The summed E-state index contributed by atoms with van der Waals surface area (Å²) >= 11 is 12.0. The molecule has 2 aromatic heterocycles. The molecule has 2 atom stereocenters. The predicted molar refractivity (Wildman–Crippen MR) is 133 cm³/mol. The van der Waals surface area contributed by atoms with E-state index in [2.05, 4.69) is 20.9 Å². The lowest BCUT2D eigenvalue weighted by Crippen LogP contribution is -2.30. The maximum absolute atomic E-state index is 10.7. The van der Waals surface area contributed by atoms with Gasteiger partial charge in [-0.1, -0.05) is 17.7 Å². The maximum Gasteiger partial charge on any atom is 0.174 e. The lowest BCUT2D eigenvalue weighted by molar-refractivity contribution is 0.414. The molecule has 4 aromatic rings. The van der Waals surface area contributed by atoms with Gasteiger partial charge in [0.05, 0.1) is 24.5 Å². The number of halogens is 1. The van der Waals surface area contributed by atoms with Gasteiger partial charge in [0.25, 0.3) is 0 Å². The average molecular weight is 477 g/mol. The zero-order valence-corrected chi connectivity index (χ0v) is 19.3. The number of hydrogen-bond acceptors (Lipinski definition) is 4. The first-order chi connectivity index (χ1) is 16.1. The monoisotopic (exact) mass is 476 g/mol. The first kappa shape index (κ1) is 21.3. The van der Waals surface area contributed by atoms with E-state index >= 15 is 0 Å². The molecule has 0 amide bonds. The summed E-state index contributed by atoms with van der Waals surface area (Å²) < 4.78 is 7.41. The molecule has 0 aliphatic carbocycles. The van der Waals surface area contributed by atoms with E-state index < -0.39 is 0 Å². The molecule has 0 bridgehead atoms. The fourth-order valence-electron chi connectivity index (χ4n) is 4.22. The van der Waals surface area contributed by atoms with Crippen molar-refractivity contribution in [1.29, 1.82) is 0 Å². The Hall–Kier alpha value is -3.55. The summed E-state index contributed by atoms with van der Waals surface area (Å²) in [5, 5.41) is 15.1. The lowest BCUT2D eigenvalue weighted by Gasteiger charge is -2.29. The van der Waals surface area contributed by atoms with E-state index in [0.717, 1.165) is 22.8 Å². The van der Waals surface area contributed by atoms with Crippen molar-refractivity contribution in [2.24, 2.45) is 0 Å². The predicted octanol–water partition coefficient (Wildman–Crippen LogP) is 5.42. The van der Waals surface area contributed by atoms with Crippen LogP contribution in [0.2, 0.25) is 5.02 Å². The summed E-state index contributed by atoms with van der Waals surface area (Å²) in [6, 6.07) is 22.1. The summed E-state index contributed by atoms with van der Waals surface area (Å²) in [6.07, 6.45) is 3.77. The van der Waals surface area contributed by atoms with Gasteiger partial charge in [-0.25, -0.2) is 0 Å². The topological polar surface area (TPSA) is 62.5 Å². The number of nitrogens with zero attached hydrogens (tertiary/aromatic N) is 3. The van der Waals surface area contributed by atoms with Crippen molar-refractivity contribution in [3.8, 4) is 17.2 Å². The van der Waals surface area contributed by atoms with Gasteiger partial charge in [-0.3, -0.25) is 4.98 Å². The van der Waals surface area contributed by atoms with E-state index in [-0.39, 0.29) is 17.8 Å². The van der Waals surface area contributed by atoms with Gasteiger partial charge in [-0.15, -0.1) is 0 Å². The number of aromatic hydroxyl groups is 1. The summed E-state index contributed by atoms with van der Waals surface area (Å²) in [7, 11) is 1.65. The van der Waals surface area contributed by atoms with Crippen molar-refractivity contribution >= 4 is 34.6 Å². The van der Waals surface area contributed by atoms with Crippen LogP contribution in [0.15, 0.2) is 85.2 Å². The Bertz CT molecular complexity index is 1290. The molecule has 1 fully saturated rings. The van der Waals surface area contributed by atoms with Gasteiger partial charge in [0.2, 0.25) is 0 Å². The molecule has 2 N–H and O–H groups in total. The Kier molecular flexibility index (Phi) is 5.66. The van der Waals surface area contributed by atoms with Crippen LogP contribution in [-0.2, 0) is 0 Å². The number of phenols is 1. The Labute approximate surface area is 202 Å². The number of methoxy groups -OCH3 is 1. The molecule has 2 aromatic carbocycles. The van der Waals surface area contributed by atoms with Crippen molar-refractivity contribution in [2.75, 3.05) is 12.0 Å². The largest absolute Gasteiger partial charge is 0.506 e. The minimum atomic E-state index is -0.297. The van der Waals surface area contributed by atoms with Crippen molar-refractivity contribution < 1.29 is 9.84 Å². The summed E-state index contributed by atoms with van der Waals surface area (Å²) in [6.45, 7) is 0. The Morgan fingerprint density at radius 2 is 1.88 bits per heavy atom. The van der Waals surface area contributed by atoms with E-state index in [1.54, 1.807) is 31.5 Å². The van der Waals surface area contributed by atoms with Gasteiger partial charge in [-0.2, -0.15) is 0 Å². The smallest absolute Gasteiger partial charge is 0.174 e. The van der Waals surface area contributed by atoms with Crippen LogP contribution in [0, 0.1) is 0 Å². The van der Waals surface area contributed by atoms with E-state index in [1.807, 2.05) is 59.6 Å². The number of phenolic OH excluding ortho intramolecular Hbond substituents is 1. The molecule has 166 valence electrons. The van der Waals surface area contributed by atoms with Crippen molar-refractivity contribution in [3.05, 3.63) is 102 Å². The standard InChI is InChI=1S/C25H21ClN4O2S/c1-32-18-10-8-17(9-11-18)29-14-4-6-20(29)24-23(19-5-2-3-13-27-19)28-25(33)30(24)21-15-16(26)7-12-22(21)31/h2-15,23-24,31H,1H3,(H,28,33). The van der Waals surface area contributed by atoms with Crippen LogP contribution in [0.4, 0.5) is 5.69 Å². The maximum atomic E-state index is 10.7. The number of anilines is 1. The molecule has 2 unspecified atom stereocenters. The van der Waals surface area contributed by atoms with Crippen LogP contribution >= 0.6 is 23.8 Å². The zero-order chi connectivity index (χ0) is 22.9. The number of nitrogens with one attached hydrogen (secondary N) is 1. The molecule has 5 rings (SSSR count). The van der Waals surface area contributed by atoms with Crippen LogP contribution in [0.1, 0.15) is 23.5 Å². The SMILES string of the molecule is COc1ccc(-n2cccc2C2C(c3ccccn3)NC(=S)N2c2cc(Cl)ccc2O)cc1. The van der Waals surface area contributed by atoms with Gasteiger partial charge in [0.15, 0.2) is 5.11 Å². The lowest BCUT2D eigenvalue weighted by atomic mass is 10.0. The molecule has 1 aliphatic heterocycles. The van der Waals surface area contributed by atoms with Gasteiger partial charge in [0.1, 0.15) is 17.5 Å². The van der Waals surface area contributed by atoms with E-state index in [1.165, 1.54) is 0 Å². The van der Waals surface area contributed by atoms with E-state index in [9.17, 15) is 5.11 Å². The van der Waals surface area contributed by atoms with Crippen molar-refractivity contribution in [1.82, 2.24) is 14.9 Å². The molecule has 1 saturated heterocycles. The number of thiocarbonyl (C=S) groups is 1. The minimum absolute atomic E-state index is 0.0952. The Morgan fingerprint density at radius 1 is 1.06 bits per heavy atom. The second kappa shape index (κ2) is 8.77. The molecule has 0 spiro atoms. The highest BCUT2D eigenvalue weighted by atomic mass is 35.5. The third-order valence-corrected chi connectivity index (χ3v) is 6.28. The number of hydrogen-bond donors (Lipinski definition) is 2. The molecular formula is C25H21ClN4O2S. The summed E-state index contributed by atoms with van der Waals surface area (Å²) in [4.78, 5) is 6.49. The van der Waals surface area contributed by atoms with E-state index in [0.29, 0.717) is 15.8 Å². The number of pyridine rings is 1. The molecule has 6 nitrogen and oxygen atoms in total. The Balaban J connectivity index is 1.67. The second-order valence-corrected chi connectivity index (χ2v) is 8.45. The summed E-state index contributed by atoms with van der Waals surface area (Å²) in [5.41, 5.74) is 3.33. The normalized spacial score (nSPS) is 17.8. The molecule has 3 heterocycles. The fourth-order valence-corrected chi connectivity index (χ4v) is 4.72. The molecule has 0 radical (unpaired) electrons. The zero-order valence-electron chi connectivity index (χ0n) is 17.7. The van der Waals surface area contributed by atoms with Crippen molar-refractivity contribution in [3.63, 3.8) is 0 Å². The van der Waals surface area contributed by atoms with Crippen molar-refractivity contribution in [2.45, 2.75) is 12.1 Å². The number of rotatable bonds is 5. The third-order valence-electron chi connectivity index (χ3n) is 5.73. The third kappa shape index (κ3) is 3.90. The van der Waals surface area contributed by atoms with Gasteiger partial charge < -0.3 is 24.6 Å². The highest BCUT2D eigenvalue weighted by Crippen LogP contribution is 2.45. The highest BCUT2D eigenvalue weighted by Gasteiger charge is 2.43. The molecular weight excluding hydrogens is 456 g/mol. The van der Waals surface area contributed by atoms with Gasteiger partial charge in [0, 0.05) is 28.8 Å². The molecule has 33 heavy (non-hydrogen) atoms. The van der Waals surface area contributed by atoms with Gasteiger partial charge >= 0.3 is 0 Å². The first-order valence-corrected chi connectivity index (χ1v) is 11.2. The van der Waals surface area contributed by atoms with Crippen LogP contribution in [0.3, 0.4) is 0 Å². The van der Waals surface area contributed by atoms with Crippen LogP contribution < -0.4 is 15.0 Å². The molecule has 0 saturated carbocycles. The van der Waals surface area contributed by atoms with E-state index in [4.69, 9.17) is 28.6 Å². The Morgan fingerprint density at radius 3 is 2.61 bits per heavy atom. The molecule has 1 aliphatic rings. The van der Waals surface area contributed by atoms with Gasteiger partial charge in [-0.05, 0) is 78.9 Å². The summed E-state index contributed by atoms with van der Waals surface area (Å²) in [5.74, 6) is 0.880. The molecule has 8 heteroatoms. The first-order valence-electron chi connectivity index (χ1n) is 10.4. The minimum Gasteiger partial charge on any atom is -0.506 e. The second-order valence-electron chi connectivity index (χ2n) is 7.63. The number of ether oxygens (including phenoxy) is 1. The highest BCUT2D eigenvalue weighted by molar-refractivity contribution is 7.80. The van der Waals surface area contributed by atoms with Crippen LogP contribution in [0.5, 0.6) is 11.5 Å².